The highest BCUT2D eigenvalue weighted by Gasteiger charge is 2.28. The number of fused-ring (bicyclic) bond motifs is 3. The number of para-hydroxylation sites is 1. The van der Waals surface area contributed by atoms with Gasteiger partial charge in [0, 0.05) is 18.2 Å². The number of aromatic nitrogens is 2. The molecule has 0 saturated heterocycles. The minimum atomic E-state index is -0.235. The average Bonchev–Trinajstić information content (AvgIpc) is 3.20. The molecule has 1 aliphatic heterocycles. The molecule has 0 unspecified atom stereocenters. The van der Waals surface area contributed by atoms with Crippen molar-refractivity contribution in [2.45, 2.75) is 13.2 Å². The first kappa shape index (κ1) is 13.6. The third kappa shape index (κ3) is 2.28. The van der Waals surface area contributed by atoms with E-state index >= 15 is 0 Å². The molecule has 6 heteroatoms. The molecule has 3 aromatic rings. The maximum atomic E-state index is 12.5. The van der Waals surface area contributed by atoms with Gasteiger partial charge in [-0.1, -0.05) is 12.1 Å². The van der Waals surface area contributed by atoms with Crippen molar-refractivity contribution in [2.75, 3.05) is 0 Å². The normalized spacial score (nSPS) is 12.2. The monoisotopic (exact) mass is 309 g/mol. The van der Waals surface area contributed by atoms with Crippen LogP contribution in [0.2, 0.25) is 0 Å². The van der Waals surface area contributed by atoms with Gasteiger partial charge in [-0.3, -0.25) is 9.48 Å². The summed E-state index contributed by atoms with van der Waals surface area (Å²) in [6, 6.07) is 11.4. The number of nitrogens with one attached hydrogen (secondary N) is 1. The molecule has 3 heterocycles. The molecule has 4 rings (SSSR count). The standard InChI is InChI=1S/C17H15N3O3/c1-20-16-12-6-2-3-7-14(12)23-10-13(16)15(19-20)17(21)18-9-11-5-4-8-22-11/h2-8H,9-10H2,1H3,(H,18,21). The number of furan rings is 1. The molecule has 1 amide bonds. The first-order valence-corrected chi connectivity index (χ1v) is 7.32. The molecular formula is C17H15N3O3. The zero-order valence-electron chi connectivity index (χ0n) is 12.6. The predicted octanol–water partition coefficient (Wildman–Crippen LogP) is 2.50. The second-order valence-corrected chi connectivity index (χ2v) is 5.35. The lowest BCUT2D eigenvalue weighted by molar-refractivity contribution is 0.0940. The molecule has 1 aliphatic rings. The number of benzene rings is 1. The lowest BCUT2D eigenvalue weighted by Gasteiger charge is -2.18. The van der Waals surface area contributed by atoms with Crippen LogP contribution < -0.4 is 10.1 Å². The number of carbonyl (C=O) groups excluding carboxylic acids is 1. The van der Waals surface area contributed by atoms with E-state index in [1.807, 2.05) is 37.4 Å². The summed E-state index contributed by atoms with van der Waals surface area (Å²) in [7, 11) is 1.84. The Morgan fingerprint density at radius 2 is 2.17 bits per heavy atom. The fourth-order valence-corrected chi connectivity index (χ4v) is 2.83. The third-order valence-electron chi connectivity index (χ3n) is 3.88. The Morgan fingerprint density at radius 3 is 3.00 bits per heavy atom. The molecule has 0 fully saturated rings. The van der Waals surface area contributed by atoms with E-state index in [0.29, 0.717) is 24.6 Å². The van der Waals surface area contributed by atoms with Crippen LogP contribution >= 0.6 is 0 Å². The van der Waals surface area contributed by atoms with Gasteiger partial charge in [-0.25, -0.2) is 0 Å². The summed E-state index contributed by atoms with van der Waals surface area (Å²) in [4.78, 5) is 12.5. The van der Waals surface area contributed by atoms with Crippen LogP contribution in [0.4, 0.5) is 0 Å². The van der Waals surface area contributed by atoms with Crippen molar-refractivity contribution < 1.29 is 13.9 Å². The maximum Gasteiger partial charge on any atom is 0.272 e. The zero-order chi connectivity index (χ0) is 15.8. The van der Waals surface area contributed by atoms with Gasteiger partial charge in [-0.05, 0) is 24.3 Å². The van der Waals surface area contributed by atoms with Crippen LogP contribution in [0.5, 0.6) is 5.75 Å². The summed E-state index contributed by atoms with van der Waals surface area (Å²) >= 11 is 0. The van der Waals surface area contributed by atoms with Crippen LogP contribution in [-0.4, -0.2) is 15.7 Å². The van der Waals surface area contributed by atoms with Crippen LogP contribution in [0.25, 0.3) is 11.3 Å². The van der Waals surface area contributed by atoms with Crippen molar-refractivity contribution >= 4 is 5.91 Å². The largest absolute Gasteiger partial charge is 0.488 e. The average molecular weight is 309 g/mol. The first-order chi connectivity index (χ1) is 11.2. The molecular weight excluding hydrogens is 294 g/mol. The maximum absolute atomic E-state index is 12.5. The van der Waals surface area contributed by atoms with Crippen LogP contribution in [-0.2, 0) is 20.2 Å². The summed E-state index contributed by atoms with van der Waals surface area (Å²) in [6.07, 6.45) is 1.58. The minimum Gasteiger partial charge on any atom is -0.488 e. The Hall–Kier alpha value is -3.02. The molecule has 0 atom stereocenters. The van der Waals surface area contributed by atoms with Gasteiger partial charge in [0.05, 0.1) is 18.5 Å². The summed E-state index contributed by atoms with van der Waals surface area (Å²) in [5.74, 6) is 1.27. The molecule has 0 spiro atoms. The second-order valence-electron chi connectivity index (χ2n) is 5.35. The van der Waals surface area contributed by atoms with Gasteiger partial charge in [-0.2, -0.15) is 5.10 Å². The minimum absolute atomic E-state index is 0.235. The highest BCUT2D eigenvalue weighted by molar-refractivity contribution is 5.96. The quantitative estimate of drug-likeness (QED) is 0.807. The summed E-state index contributed by atoms with van der Waals surface area (Å²) < 4.78 is 12.7. The third-order valence-corrected chi connectivity index (χ3v) is 3.88. The van der Waals surface area contributed by atoms with E-state index < -0.39 is 0 Å². The van der Waals surface area contributed by atoms with Crippen molar-refractivity contribution in [1.82, 2.24) is 15.1 Å². The second kappa shape index (κ2) is 5.31. The van der Waals surface area contributed by atoms with Gasteiger partial charge < -0.3 is 14.5 Å². The van der Waals surface area contributed by atoms with Gasteiger partial charge in [0.1, 0.15) is 18.1 Å². The van der Waals surface area contributed by atoms with Gasteiger partial charge in [0.2, 0.25) is 0 Å². The highest BCUT2D eigenvalue weighted by Crippen LogP contribution is 2.38. The van der Waals surface area contributed by atoms with Crippen molar-refractivity contribution in [2.24, 2.45) is 7.05 Å². The molecule has 116 valence electrons. The number of nitrogens with zero attached hydrogens (tertiary/aromatic N) is 2. The number of hydrogen-bond acceptors (Lipinski definition) is 4. The van der Waals surface area contributed by atoms with E-state index in [1.165, 1.54) is 0 Å². The SMILES string of the molecule is Cn1nc(C(=O)NCc2ccco2)c2c1-c1ccccc1OC2. The van der Waals surface area contributed by atoms with E-state index in [2.05, 4.69) is 10.4 Å². The molecule has 23 heavy (non-hydrogen) atoms. The lowest BCUT2D eigenvalue weighted by atomic mass is 10.0. The molecule has 6 nitrogen and oxygen atoms in total. The van der Waals surface area contributed by atoms with Gasteiger partial charge in [-0.15, -0.1) is 0 Å². The highest BCUT2D eigenvalue weighted by atomic mass is 16.5. The van der Waals surface area contributed by atoms with E-state index in [-0.39, 0.29) is 5.91 Å². The van der Waals surface area contributed by atoms with Gasteiger partial charge >= 0.3 is 0 Å². The van der Waals surface area contributed by atoms with Crippen LogP contribution in [0.3, 0.4) is 0 Å². The Bertz CT molecular complexity index is 865. The molecule has 0 saturated carbocycles. The van der Waals surface area contributed by atoms with Gasteiger partial charge in [0.25, 0.3) is 5.91 Å². The van der Waals surface area contributed by atoms with E-state index in [9.17, 15) is 4.79 Å². The Balaban J connectivity index is 1.66. The van der Waals surface area contributed by atoms with Crippen molar-refractivity contribution in [1.29, 1.82) is 0 Å². The summed E-state index contributed by atoms with van der Waals surface area (Å²) in [5.41, 5.74) is 3.08. The predicted molar refractivity (Wildman–Crippen MR) is 82.9 cm³/mol. The first-order valence-electron chi connectivity index (χ1n) is 7.32. The Morgan fingerprint density at radius 1 is 1.30 bits per heavy atom. The number of aryl methyl sites for hydroxylation is 1. The number of ether oxygens (including phenoxy) is 1. The molecule has 1 N–H and O–H groups in total. The molecule has 1 aromatic carbocycles. The smallest absolute Gasteiger partial charge is 0.272 e. The Labute approximate surface area is 132 Å². The van der Waals surface area contributed by atoms with Crippen molar-refractivity contribution in [3.8, 4) is 17.0 Å². The van der Waals surface area contributed by atoms with E-state index in [0.717, 1.165) is 22.6 Å². The van der Waals surface area contributed by atoms with Crippen LogP contribution in [0.1, 0.15) is 21.8 Å². The van der Waals surface area contributed by atoms with Gasteiger partial charge in [0.15, 0.2) is 5.69 Å². The molecule has 2 aromatic heterocycles. The molecule has 0 radical (unpaired) electrons. The van der Waals surface area contributed by atoms with Crippen LogP contribution in [0, 0.1) is 0 Å². The van der Waals surface area contributed by atoms with Crippen LogP contribution in [0.15, 0.2) is 47.1 Å². The van der Waals surface area contributed by atoms with E-state index in [1.54, 1.807) is 17.0 Å². The van der Waals surface area contributed by atoms with Crippen molar-refractivity contribution in [3.05, 3.63) is 59.7 Å². The summed E-state index contributed by atoms with van der Waals surface area (Å²) in [6.45, 7) is 0.665. The van der Waals surface area contributed by atoms with E-state index in [4.69, 9.17) is 9.15 Å². The summed E-state index contributed by atoms with van der Waals surface area (Å²) in [5, 5.41) is 7.21. The zero-order valence-corrected chi connectivity index (χ0v) is 12.6. The number of carbonyl (C=O) groups is 1. The van der Waals surface area contributed by atoms with Crippen molar-refractivity contribution in [3.63, 3.8) is 0 Å². The Kier molecular flexibility index (Phi) is 3.15. The molecule has 0 aliphatic carbocycles. The lowest BCUT2D eigenvalue weighted by Crippen LogP contribution is -2.24. The fourth-order valence-electron chi connectivity index (χ4n) is 2.83. The molecule has 0 bridgehead atoms. The number of rotatable bonds is 3. The topological polar surface area (TPSA) is 69.3 Å². The number of hydrogen-bond donors (Lipinski definition) is 1. The fraction of sp³-hybridized carbons (Fsp3) is 0.176. The number of amides is 1.